The van der Waals surface area contributed by atoms with Gasteiger partial charge in [0.15, 0.2) is 0 Å². The monoisotopic (exact) mass is 442 g/mol. The van der Waals surface area contributed by atoms with Gasteiger partial charge in [-0.05, 0) is 53.1 Å². The summed E-state index contributed by atoms with van der Waals surface area (Å²) in [5, 5.41) is 8.37. The first-order valence-corrected chi connectivity index (χ1v) is 12.2. The zero-order valence-electron chi connectivity index (χ0n) is 19.9. The number of aryl methyl sites for hydroxylation is 2. The van der Waals surface area contributed by atoms with Gasteiger partial charge in [0, 0.05) is 5.56 Å². The van der Waals surface area contributed by atoms with E-state index < -0.39 is 0 Å². The minimum absolute atomic E-state index is 0.250. The predicted octanol–water partition coefficient (Wildman–Crippen LogP) is 8.41. The summed E-state index contributed by atoms with van der Waals surface area (Å²) in [5.41, 5.74) is 5.86. The maximum atomic E-state index is 14.7. The Kier molecular flexibility index (Phi) is 10.0. The van der Waals surface area contributed by atoms with Crippen molar-refractivity contribution in [1.82, 2.24) is 0 Å². The Bertz CT molecular complexity index is 1050. The fraction of sp³-hybridized carbons (Fsp3) is 0.333. The standard InChI is InChI=1S/C30H35FN2/c1-3-5-6-7-8-12-26-13-9-10-14-28(26)23-33-32-22-25-17-20-29(30(31)21-25)27-18-15-24(11-4-2)16-19-27/h9-10,13-23H,3-8,11-12H2,1-2H3. The van der Waals surface area contributed by atoms with Crippen molar-refractivity contribution in [2.45, 2.75) is 65.2 Å². The highest BCUT2D eigenvalue weighted by Gasteiger charge is 2.06. The highest BCUT2D eigenvalue weighted by molar-refractivity contribution is 5.84. The van der Waals surface area contributed by atoms with Crippen LogP contribution in [-0.4, -0.2) is 12.4 Å². The Morgan fingerprint density at radius 2 is 1.48 bits per heavy atom. The molecule has 0 aliphatic carbocycles. The minimum atomic E-state index is -0.250. The van der Waals surface area contributed by atoms with Gasteiger partial charge in [0.25, 0.3) is 0 Å². The van der Waals surface area contributed by atoms with Gasteiger partial charge in [-0.3, -0.25) is 0 Å². The molecule has 0 radical (unpaired) electrons. The molecule has 0 unspecified atom stereocenters. The van der Waals surface area contributed by atoms with Crippen LogP contribution < -0.4 is 0 Å². The molecule has 0 saturated carbocycles. The van der Waals surface area contributed by atoms with Crippen LogP contribution in [-0.2, 0) is 12.8 Å². The smallest absolute Gasteiger partial charge is 0.131 e. The summed E-state index contributed by atoms with van der Waals surface area (Å²) in [7, 11) is 0. The maximum absolute atomic E-state index is 14.7. The first-order chi connectivity index (χ1) is 16.2. The molecule has 3 aromatic carbocycles. The molecule has 0 heterocycles. The summed E-state index contributed by atoms with van der Waals surface area (Å²) >= 11 is 0. The van der Waals surface area contributed by atoms with Crippen LogP contribution in [0, 0.1) is 5.82 Å². The number of rotatable bonds is 12. The lowest BCUT2D eigenvalue weighted by molar-refractivity contribution is 0.631. The Balaban J connectivity index is 1.61. The average molecular weight is 443 g/mol. The van der Waals surface area contributed by atoms with Crippen LogP contribution in [0.15, 0.2) is 76.9 Å². The minimum Gasteiger partial charge on any atom is -0.206 e. The van der Waals surface area contributed by atoms with E-state index in [9.17, 15) is 4.39 Å². The number of benzene rings is 3. The second kappa shape index (κ2) is 13.5. The third-order valence-corrected chi connectivity index (χ3v) is 5.87. The van der Waals surface area contributed by atoms with E-state index in [-0.39, 0.29) is 5.82 Å². The lowest BCUT2D eigenvalue weighted by Crippen LogP contribution is -1.93. The van der Waals surface area contributed by atoms with Crippen molar-refractivity contribution >= 4 is 12.4 Å². The zero-order chi connectivity index (χ0) is 23.3. The molecule has 0 N–H and O–H groups in total. The first-order valence-electron chi connectivity index (χ1n) is 12.2. The Labute approximate surface area is 198 Å². The Morgan fingerprint density at radius 3 is 2.24 bits per heavy atom. The lowest BCUT2D eigenvalue weighted by atomic mass is 10.0. The van der Waals surface area contributed by atoms with Gasteiger partial charge in [0.05, 0.1) is 12.4 Å². The normalized spacial score (nSPS) is 11.6. The molecule has 3 rings (SSSR count). The van der Waals surface area contributed by atoms with E-state index >= 15 is 0 Å². The molecule has 0 spiro atoms. The quantitative estimate of drug-likeness (QED) is 0.153. The molecule has 0 atom stereocenters. The van der Waals surface area contributed by atoms with Gasteiger partial charge >= 0.3 is 0 Å². The highest BCUT2D eigenvalue weighted by Crippen LogP contribution is 2.24. The molecular formula is C30H35FN2. The highest BCUT2D eigenvalue weighted by atomic mass is 19.1. The molecule has 0 aliphatic heterocycles. The van der Waals surface area contributed by atoms with Crippen LogP contribution in [0.2, 0.25) is 0 Å². The van der Waals surface area contributed by atoms with Crippen molar-refractivity contribution in [3.63, 3.8) is 0 Å². The molecule has 2 nitrogen and oxygen atoms in total. The molecule has 0 aromatic heterocycles. The number of hydrogen-bond donors (Lipinski definition) is 0. The van der Waals surface area contributed by atoms with Gasteiger partial charge in [-0.2, -0.15) is 10.2 Å². The molecule has 0 amide bonds. The van der Waals surface area contributed by atoms with Crippen molar-refractivity contribution in [2.75, 3.05) is 0 Å². The van der Waals surface area contributed by atoms with Crippen LogP contribution in [0.1, 0.15) is 74.6 Å². The fourth-order valence-corrected chi connectivity index (χ4v) is 3.99. The molecule has 3 heteroatoms. The van der Waals surface area contributed by atoms with Crippen molar-refractivity contribution in [2.24, 2.45) is 10.2 Å². The van der Waals surface area contributed by atoms with Gasteiger partial charge in [-0.25, -0.2) is 4.39 Å². The molecule has 0 saturated heterocycles. The number of nitrogens with zero attached hydrogens (tertiary/aromatic N) is 2. The van der Waals surface area contributed by atoms with Crippen molar-refractivity contribution < 1.29 is 4.39 Å². The fourth-order valence-electron chi connectivity index (χ4n) is 3.99. The van der Waals surface area contributed by atoms with Crippen molar-refractivity contribution in [3.05, 3.63) is 94.8 Å². The Hall–Kier alpha value is -3.07. The van der Waals surface area contributed by atoms with Gasteiger partial charge in [-0.15, -0.1) is 0 Å². The van der Waals surface area contributed by atoms with Gasteiger partial charge in [0.2, 0.25) is 0 Å². The van der Waals surface area contributed by atoms with Gasteiger partial charge in [0.1, 0.15) is 5.82 Å². The summed E-state index contributed by atoms with van der Waals surface area (Å²) in [6.07, 6.45) is 12.9. The van der Waals surface area contributed by atoms with Crippen molar-refractivity contribution in [3.8, 4) is 11.1 Å². The summed E-state index contributed by atoms with van der Waals surface area (Å²) in [6.45, 7) is 4.40. The topological polar surface area (TPSA) is 24.7 Å². The molecule has 0 bridgehead atoms. The third kappa shape index (κ3) is 7.78. The van der Waals surface area contributed by atoms with Crippen LogP contribution >= 0.6 is 0 Å². The average Bonchev–Trinajstić information content (AvgIpc) is 2.83. The maximum Gasteiger partial charge on any atom is 0.131 e. The zero-order valence-corrected chi connectivity index (χ0v) is 19.9. The molecule has 0 fully saturated rings. The van der Waals surface area contributed by atoms with Gasteiger partial charge < -0.3 is 0 Å². The molecule has 0 aliphatic rings. The molecule has 33 heavy (non-hydrogen) atoms. The van der Waals surface area contributed by atoms with Crippen LogP contribution in [0.4, 0.5) is 4.39 Å². The summed E-state index contributed by atoms with van der Waals surface area (Å²) in [5.74, 6) is -0.250. The summed E-state index contributed by atoms with van der Waals surface area (Å²) in [4.78, 5) is 0. The third-order valence-electron chi connectivity index (χ3n) is 5.87. The molecular weight excluding hydrogens is 407 g/mol. The number of halogens is 1. The van der Waals surface area contributed by atoms with E-state index in [2.05, 4.69) is 54.4 Å². The Morgan fingerprint density at radius 1 is 0.727 bits per heavy atom. The SMILES string of the molecule is CCCCCCCc1ccccc1C=NN=Cc1ccc(-c2ccc(CCC)cc2)c(F)c1. The van der Waals surface area contributed by atoms with Crippen LogP contribution in [0.25, 0.3) is 11.1 Å². The van der Waals surface area contributed by atoms with E-state index in [1.54, 1.807) is 12.4 Å². The van der Waals surface area contributed by atoms with E-state index in [1.807, 2.05) is 30.3 Å². The predicted molar refractivity (Wildman–Crippen MR) is 140 cm³/mol. The van der Waals surface area contributed by atoms with E-state index in [1.165, 1.54) is 49.3 Å². The van der Waals surface area contributed by atoms with Crippen LogP contribution in [0.5, 0.6) is 0 Å². The molecule has 3 aromatic rings. The van der Waals surface area contributed by atoms with E-state index in [0.29, 0.717) is 11.1 Å². The summed E-state index contributed by atoms with van der Waals surface area (Å²) in [6, 6.07) is 21.7. The number of unbranched alkanes of at least 4 members (excludes halogenated alkanes) is 4. The van der Waals surface area contributed by atoms with E-state index in [4.69, 9.17) is 0 Å². The number of hydrogen-bond acceptors (Lipinski definition) is 2. The van der Waals surface area contributed by atoms with Gasteiger partial charge in [-0.1, -0.05) is 107 Å². The lowest BCUT2D eigenvalue weighted by Gasteiger charge is -2.06. The van der Waals surface area contributed by atoms with Crippen molar-refractivity contribution in [1.29, 1.82) is 0 Å². The first kappa shape index (κ1) is 24.6. The largest absolute Gasteiger partial charge is 0.206 e. The molecule has 172 valence electrons. The van der Waals surface area contributed by atoms with E-state index in [0.717, 1.165) is 30.4 Å². The summed E-state index contributed by atoms with van der Waals surface area (Å²) < 4.78 is 14.7. The second-order valence-electron chi connectivity index (χ2n) is 8.54. The second-order valence-corrected chi connectivity index (χ2v) is 8.54. The van der Waals surface area contributed by atoms with Crippen LogP contribution in [0.3, 0.4) is 0 Å².